The number of H-pyrrole nitrogens is 1. The van der Waals surface area contributed by atoms with E-state index in [1.165, 1.54) is 0 Å². The number of pyridine rings is 1. The van der Waals surface area contributed by atoms with Gasteiger partial charge in [-0.05, 0) is 37.3 Å². The zero-order valence-corrected chi connectivity index (χ0v) is 15.8. The first kappa shape index (κ1) is 18.3. The molecule has 2 aromatic heterocycles. The van der Waals surface area contributed by atoms with E-state index in [0.29, 0.717) is 22.8 Å². The van der Waals surface area contributed by atoms with Crippen molar-refractivity contribution in [2.45, 2.75) is 6.92 Å². The number of nitrogen functional groups attached to an aromatic ring is 2. The van der Waals surface area contributed by atoms with Gasteiger partial charge < -0.3 is 26.5 Å². The minimum absolute atomic E-state index is 0.217. The highest BCUT2D eigenvalue weighted by Gasteiger charge is 2.20. The van der Waals surface area contributed by atoms with Gasteiger partial charge in [0.2, 0.25) is 0 Å². The summed E-state index contributed by atoms with van der Waals surface area (Å²) in [5, 5.41) is 3.08. The molecule has 29 heavy (non-hydrogen) atoms. The van der Waals surface area contributed by atoms with E-state index >= 15 is 0 Å². The van der Waals surface area contributed by atoms with E-state index in [9.17, 15) is 4.79 Å². The topological polar surface area (TPSA) is 132 Å². The zero-order chi connectivity index (χ0) is 20.4. The zero-order valence-electron chi connectivity index (χ0n) is 15.8. The van der Waals surface area contributed by atoms with Crippen molar-refractivity contribution in [3.05, 3.63) is 60.2 Å². The van der Waals surface area contributed by atoms with E-state index in [1.807, 2.05) is 36.4 Å². The summed E-state index contributed by atoms with van der Waals surface area (Å²) in [7, 11) is 0. The first-order chi connectivity index (χ1) is 14.1. The van der Waals surface area contributed by atoms with Gasteiger partial charge in [0.25, 0.3) is 0 Å². The predicted octanol–water partition coefficient (Wildman–Crippen LogP) is 3.71. The summed E-state index contributed by atoms with van der Waals surface area (Å²) >= 11 is 0. The Labute approximate surface area is 166 Å². The Kier molecular flexibility index (Phi) is 4.74. The molecule has 2 aromatic carbocycles. The lowest BCUT2D eigenvalue weighted by Gasteiger charge is -2.14. The molecular formula is C21H20N6O2. The third-order valence-electron chi connectivity index (χ3n) is 4.41. The molecule has 0 aliphatic carbocycles. The highest BCUT2D eigenvalue weighted by molar-refractivity contribution is 5.98. The van der Waals surface area contributed by atoms with Gasteiger partial charge in [0, 0.05) is 0 Å². The Morgan fingerprint density at radius 1 is 1.10 bits per heavy atom. The van der Waals surface area contributed by atoms with Crippen LogP contribution >= 0.6 is 0 Å². The van der Waals surface area contributed by atoms with E-state index in [1.54, 1.807) is 25.1 Å². The number of ether oxygens (including phenoxy) is 1. The lowest BCUT2D eigenvalue weighted by molar-refractivity contribution is 0.0527. The Morgan fingerprint density at radius 2 is 1.86 bits per heavy atom. The summed E-state index contributed by atoms with van der Waals surface area (Å²) < 4.78 is 5.20. The van der Waals surface area contributed by atoms with Crippen LogP contribution in [0.25, 0.3) is 22.4 Å². The number of aromatic amines is 1. The molecule has 2 heterocycles. The molecule has 0 aliphatic rings. The average Bonchev–Trinajstić information content (AvgIpc) is 3.14. The number of para-hydroxylation sites is 4. The maximum absolute atomic E-state index is 12.6. The van der Waals surface area contributed by atoms with Crippen LogP contribution in [0.2, 0.25) is 0 Å². The molecule has 0 atom stereocenters. The number of hydrogen-bond acceptors (Lipinski definition) is 7. The second kappa shape index (κ2) is 7.51. The van der Waals surface area contributed by atoms with Crippen molar-refractivity contribution in [1.82, 2.24) is 15.0 Å². The number of nitrogens with zero attached hydrogens (tertiary/aromatic N) is 2. The average molecular weight is 388 g/mol. The number of benzene rings is 2. The normalized spacial score (nSPS) is 10.8. The van der Waals surface area contributed by atoms with E-state index < -0.39 is 5.97 Å². The molecule has 0 spiro atoms. The fourth-order valence-corrected chi connectivity index (χ4v) is 3.00. The summed E-state index contributed by atoms with van der Waals surface area (Å²) in [5.41, 5.74) is 15.7. The molecule has 0 amide bonds. The molecule has 4 aromatic rings. The molecule has 0 bridgehead atoms. The van der Waals surface area contributed by atoms with Crippen LogP contribution in [0.5, 0.6) is 0 Å². The minimum atomic E-state index is -0.519. The fourth-order valence-electron chi connectivity index (χ4n) is 3.00. The fraction of sp³-hybridized carbons (Fsp3) is 0.0952. The first-order valence-electron chi connectivity index (χ1n) is 9.11. The standard InChI is InChI=1S/C21H20N6O2/c1-2-29-21(28)13-11-12(19-25-16-9-5-6-10-17(16)26-19)18(23)27-20(13)24-15-8-4-3-7-14(15)22/h3-11H,2,22H2,1H3,(H,25,26)(H3,23,24,27). The van der Waals surface area contributed by atoms with Gasteiger partial charge in [-0.2, -0.15) is 0 Å². The predicted molar refractivity (Wildman–Crippen MR) is 114 cm³/mol. The molecule has 4 rings (SSSR count). The first-order valence-corrected chi connectivity index (χ1v) is 9.11. The van der Waals surface area contributed by atoms with Gasteiger partial charge in [0.05, 0.1) is 34.6 Å². The van der Waals surface area contributed by atoms with Crippen LogP contribution in [0.15, 0.2) is 54.6 Å². The van der Waals surface area contributed by atoms with Gasteiger partial charge in [-0.15, -0.1) is 0 Å². The molecule has 0 radical (unpaired) electrons. The number of nitrogens with two attached hydrogens (primary N) is 2. The highest BCUT2D eigenvalue weighted by Crippen LogP contribution is 2.31. The smallest absolute Gasteiger partial charge is 0.341 e. The molecule has 8 nitrogen and oxygen atoms in total. The lowest BCUT2D eigenvalue weighted by Crippen LogP contribution is -2.12. The number of nitrogens with one attached hydrogen (secondary N) is 2. The Balaban J connectivity index is 1.83. The quantitative estimate of drug-likeness (QED) is 0.303. The Bertz CT molecular complexity index is 1170. The number of rotatable bonds is 5. The Hall–Kier alpha value is -4.07. The molecule has 0 saturated carbocycles. The van der Waals surface area contributed by atoms with Crippen molar-refractivity contribution in [2.24, 2.45) is 0 Å². The summed E-state index contributed by atoms with van der Waals surface area (Å²) in [6.45, 7) is 1.97. The third-order valence-corrected chi connectivity index (χ3v) is 4.41. The summed E-state index contributed by atoms with van der Waals surface area (Å²) in [5.74, 6) is 0.481. The van der Waals surface area contributed by atoms with Crippen molar-refractivity contribution in [1.29, 1.82) is 0 Å². The molecule has 0 aliphatic heterocycles. The number of fused-ring (bicyclic) bond motifs is 1. The SMILES string of the molecule is CCOC(=O)c1cc(-c2nc3ccccc3[nH]2)c(N)nc1Nc1ccccc1N. The van der Waals surface area contributed by atoms with Crippen molar-refractivity contribution in [2.75, 3.05) is 23.4 Å². The van der Waals surface area contributed by atoms with Crippen LogP contribution in [-0.2, 0) is 4.74 Å². The van der Waals surface area contributed by atoms with Crippen molar-refractivity contribution < 1.29 is 9.53 Å². The number of hydrogen-bond donors (Lipinski definition) is 4. The maximum atomic E-state index is 12.6. The van der Waals surface area contributed by atoms with E-state index in [4.69, 9.17) is 16.2 Å². The van der Waals surface area contributed by atoms with Crippen molar-refractivity contribution >= 4 is 40.0 Å². The number of esters is 1. The molecule has 0 unspecified atom stereocenters. The molecule has 6 N–H and O–H groups in total. The number of aromatic nitrogens is 3. The summed E-state index contributed by atoms with van der Waals surface area (Å²) in [6, 6.07) is 16.4. The summed E-state index contributed by atoms with van der Waals surface area (Å²) in [6.07, 6.45) is 0. The van der Waals surface area contributed by atoms with E-state index in [-0.39, 0.29) is 23.8 Å². The molecule has 0 saturated heterocycles. The Morgan fingerprint density at radius 3 is 2.62 bits per heavy atom. The number of anilines is 4. The number of imidazole rings is 1. The van der Waals surface area contributed by atoms with Gasteiger partial charge in [0.1, 0.15) is 23.0 Å². The summed E-state index contributed by atoms with van der Waals surface area (Å²) in [4.78, 5) is 24.8. The largest absolute Gasteiger partial charge is 0.462 e. The number of carbonyl (C=O) groups excluding carboxylic acids is 1. The van der Waals surface area contributed by atoms with Crippen LogP contribution < -0.4 is 16.8 Å². The second-order valence-electron chi connectivity index (χ2n) is 6.35. The van der Waals surface area contributed by atoms with Gasteiger partial charge in [-0.1, -0.05) is 24.3 Å². The molecule has 146 valence electrons. The van der Waals surface area contributed by atoms with Crippen LogP contribution in [0.3, 0.4) is 0 Å². The van der Waals surface area contributed by atoms with E-state index in [2.05, 4.69) is 20.3 Å². The minimum Gasteiger partial charge on any atom is -0.462 e. The van der Waals surface area contributed by atoms with Crippen molar-refractivity contribution in [3.63, 3.8) is 0 Å². The lowest BCUT2D eigenvalue weighted by atomic mass is 10.1. The van der Waals surface area contributed by atoms with Gasteiger partial charge in [-0.25, -0.2) is 14.8 Å². The van der Waals surface area contributed by atoms with Crippen LogP contribution in [0, 0.1) is 0 Å². The van der Waals surface area contributed by atoms with Gasteiger partial charge in [0.15, 0.2) is 0 Å². The molecular weight excluding hydrogens is 368 g/mol. The van der Waals surface area contributed by atoms with Gasteiger partial charge >= 0.3 is 5.97 Å². The van der Waals surface area contributed by atoms with Crippen LogP contribution in [-0.4, -0.2) is 27.5 Å². The monoisotopic (exact) mass is 388 g/mol. The van der Waals surface area contributed by atoms with E-state index in [0.717, 1.165) is 11.0 Å². The highest BCUT2D eigenvalue weighted by atomic mass is 16.5. The molecule has 0 fully saturated rings. The van der Waals surface area contributed by atoms with Crippen molar-refractivity contribution in [3.8, 4) is 11.4 Å². The van der Waals surface area contributed by atoms with Crippen LogP contribution in [0.1, 0.15) is 17.3 Å². The maximum Gasteiger partial charge on any atom is 0.341 e. The second-order valence-corrected chi connectivity index (χ2v) is 6.35. The third kappa shape index (κ3) is 3.55. The van der Waals surface area contributed by atoms with Gasteiger partial charge in [-0.3, -0.25) is 0 Å². The van der Waals surface area contributed by atoms with Crippen LogP contribution in [0.4, 0.5) is 23.0 Å². The number of carbonyl (C=O) groups is 1. The molecule has 8 heteroatoms.